The maximum atomic E-state index is 5.41. The average molecular weight is 234 g/mol. The van der Waals surface area contributed by atoms with Gasteiger partial charge < -0.3 is 9.47 Å². The Balaban J connectivity index is 1.99. The molecule has 0 fully saturated rings. The molecule has 0 bridgehead atoms. The average Bonchev–Trinajstić information content (AvgIpc) is 2.76. The quantitative estimate of drug-likeness (QED) is 0.765. The van der Waals surface area contributed by atoms with Crippen molar-refractivity contribution in [2.45, 2.75) is 40.0 Å². The molecule has 0 amide bonds. The number of benzene rings is 1. The van der Waals surface area contributed by atoms with Crippen molar-refractivity contribution in [2.75, 3.05) is 6.79 Å². The van der Waals surface area contributed by atoms with Crippen molar-refractivity contribution < 1.29 is 9.47 Å². The Morgan fingerprint density at radius 1 is 1.12 bits per heavy atom. The first-order valence-electron chi connectivity index (χ1n) is 6.59. The third-order valence-electron chi connectivity index (χ3n) is 3.71. The standard InChI is InChI=1S/C15H22O2/c1-4-5-11(2)12(3)8-13-6-7-14-15(9-13)17-10-16-14/h6-7,9,11-12H,4-5,8,10H2,1-3H3. The molecule has 1 aromatic carbocycles. The highest BCUT2D eigenvalue weighted by Crippen LogP contribution is 2.33. The van der Waals surface area contributed by atoms with Crippen molar-refractivity contribution in [3.8, 4) is 11.5 Å². The number of hydrogen-bond acceptors (Lipinski definition) is 2. The van der Waals surface area contributed by atoms with Crippen LogP contribution in [0.4, 0.5) is 0 Å². The maximum absolute atomic E-state index is 5.41. The fourth-order valence-electron chi connectivity index (χ4n) is 2.38. The van der Waals surface area contributed by atoms with Gasteiger partial charge in [0, 0.05) is 0 Å². The summed E-state index contributed by atoms with van der Waals surface area (Å²) in [5.74, 6) is 3.28. The van der Waals surface area contributed by atoms with Crippen LogP contribution in [0.5, 0.6) is 11.5 Å². The summed E-state index contributed by atoms with van der Waals surface area (Å²) in [6, 6.07) is 6.30. The van der Waals surface area contributed by atoms with Gasteiger partial charge in [0.25, 0.3) is 0 Å². The van der Waals surface area contributed by atoms with Crippen molar-refractivity contribution in [1.29, 1.82) is 0 Å². The molecular formula is C15H22O2. The van der Waals surface area contributed by atoms with E-state index >= 15 is 0 Å². The fourth-order valence-corrected chi connectivity index (χ4v) is 2.38. The maximum Gasteiger partial charge on any atom is 0.231 e. The molecule has 0 saturated heterocycles. The molecular weight excluding hydrogens is 212 g/mol. The zero-order valence-electron chi connectivity index (χ0n) is 11.0. The lowest BCUT2D eigenvalue weighted by molar-refractivity contribution is 0.174. The van der Waals surface area contributed by atoms with E-state index in [0.717, 1.165) is 29.8 Å². The number of ether oxygens (including phenoxy) is 2. The van der Waals surface area contributed by atoms with Gasteiger partial charge in [0.15, 0.2) is 11.5 Å². The van der Waals surface area contributed by atoms with E-state index in [2.05, 4.69) is 32.9 Å². The van der Waals surface area contributed by atoms with Crippen LogP contribution >= 0.6 is 0 Å². The second-order valence-electron chi connectivity index (χ2n) is 5.13. The van der Waals surface area contributed by atoms with Gasteiger partial charge in [0.05, 0.1) is 0 Å². The molecule has 1 heterocycles. The highest BCUT2D eigenvalue weighted by Gasteiger charge is 2.16. The zero-order chi connectivity index (χ0) is 12.3. The van der Waals surface area contributed by atoms with Crippen molar-refractivity contribution in [3.05, 3.63) is 23.8 Å². The van der Waals surface area contributed by atoms with Crippen molar-refractivity contribution in [1.82, 2.24) is 0 Å². The molecule has 2 nitrogen and oxygen atoms in total. The van der Waals surface area contributed by atoms with Crippen LogP contribution in [0.3, 0.4) is 0 Å². The molecule has 94 valence electrons. The number of rotatable bonds is 5. The van der Waals surface area contributed by atoms with Gasteiger partial charge in [0.1, 0.15) is 0 Å². The Morgan fingerprint density at radius 3 is 2.65 bits per heavy atom. The lowest BCUT2D eigenvalue weighted by Gasteiger charge is -2.19. The minimum atomic E-state index is 0.362. The Bertz CT molecular complexity index is 373. The molecule has 2 heteroatoms. The molecule has 0 spiro atoms. The first-order chi connectivity index (χ1) is 8.20. The molecule has 1 aromatic rings. The summed E-state index contributed by atoms with van der Waals surface area (Å²) >= 11 is 0. The van der Waals surface area contributed by atoms with Gasteiger partial charge in [-0.3, -0.25) is 0 Å². The zero-order valence-corrected chi connectivity index (χ0v) is 11.0. The summed E-state index contributed by atoms with van der Waals surface area (Å²) in [6.45, 7) is 7.30. The third kappa shape index (κ3) is 2.93. The topological polar surface area (TPSA) is 18.5 Å². The first kappa shape index (κ1) is 12.3. The molecule has 17 heavy (non-hydrogen) atoms. The Kier molecular flexibility index (Phi) is 3.93. The SMILES string of the molecule is CCCC(C)C(C)Cc1ccc2c(c1)OCO2. The molecule has 2 atom stereocenters. The molecule has 0 aromatic heterocycles. The summed E-state index contributed by atoms with van der Waals surface area (Å²) in [5, 5.41) is 0. The third-order valence-corrected chi connectivity index (χ3v) is 3.71. The van der Waals surface area contributed by atoms with E-state index in [1.165, 1.54) is 18.4 Å². The van der Waals surface area contributed by atoms with E-state index in [-0.39, 0.29) is 0 Å². The van der Waals surface area contributed by atoms with Crippen molar-refractivity contribution in [2.24, 2.45) is 11.8 Å². The van der Waals surface area contributed by atoms with E-state index < -0.39 is 0 Å². The van der Waals surface area contributed by atoms with E-state index in [1.807, 2.05) is 6.07 Å². The molecule has 2 rings (SSSR count). The highest BCUT2D eigenvalue weighted by molar-refractivity contribution is 5.44. The Labute approximate surface area is 104 Å². The summed E-state index contributed by atoms with van der Waals surface area (Å²) in [6.07, 6.45) is 3.70. The lowest BCUT2D eigenvalue weighted by atomic mass is 9.87. The minimum Gasteiger partial charge on any atom is -0.454 e. The second kappa shape index (κ2) is 5.44. The van der Waals surface area contributed by atoms with Crippen LogP contribution in [0.15, 0.2) is 18.2 Å². The van der Waals surface area contributed by atoms with E-state index in [1.54, 1.807) is 0 Å². The summed E-state index contributed by atoms with van der Waals surface area (Å²) in [5.41, 5.74) is 1.35. The second-order valence-corrected chi connectivity index (χ2v) is 5.13. The van der Waals surface area contributed by atoms with Crippen LogP contribution in [0.2, 0.25) is 0 Å². The van der Waals surface area contributed by atoms with Crippen molar-refractivity contribution >= 4 is 0 Å². The fraction of sp³-hybridized carbons (Fsp3) is 0.600. The molecule has 1 aliphatic rings. The van der Waals surface area contributed by atoms with E-state index in [4.69, 9.17) is 9.47 Å². The lowest BCUT2D eigenvalue weighted by Crippen LogP contribution is -2.10. The number of hydrogen-bond donors (Lipinski definition) is 0. The highest BCUT2D eigenvalue weighted by atomic mass is 16.7. The van der Waals surface area contributed by atoms with E-state index in [0.29, 0.717) is 6.79 Å². The molecule has 0 radical (unpaired) electrons. The van der Waals surface area contributed by atoms with E-state index in [9.17, 15) is 0 Å². The van der Waals surface area contributed by atoms with Crippen LogP contribution in [-0.4, -0.2) is 6.79 Å². The predicted molar refractivity (Wildman–Crippen MR) is 69.5 cm³/mol. The van der Waals surface area contributed by atoms with Gasteiger partial charge in [-0.15, -0.1) is 0 Å². The van der Waals surface area contributed by atoms with Crippen LogP contribution in [-0.2, 0) is 6.42 Å². The predicted octanol–water partition coefficient (Wildman–Crippen LogP) is 4.03. The normalized spacial score (nSPS) is 16.9. The Morgan fingerprint density at radius 2 is 1.88 bits per heavy atom. The molecule has 2 unspecified atom stereocenters. The molecule has 0 saturated carbocycles. The van der Waals surface area contributed by atoms with Crippen molar-refractivity contribution in [3.63, 3.8) is 0 Å². The molecule has 0 aliphatic carbocycles. The number of fused-ring (bicyclic) bond motifs is 1. The largest absolute Gasteiger partial charge is 0.454 e. The van der Waals surface area contributed by atoms with Gasteiger partial charge in [-0.25, -0.2) is 0 Å². The molecule has 1 aliphatic heterocycles. The van der Waals surface area contributed by atoms with Crippen LogP contribution in [0.25, 0.3) is 0 Å². The first-order valence-corrected chi connectivity index (χ1v) is 6.59. The van der Waals surface area contributed by atoms with Crippen LogP contribution in [0.1, 0.15) is 39.2 Å². The van der Waals surface area contributed by atoms with Gasteiger partial charge in [0.2, 0.25) is 6.79 Å². The summed E-state index contributed by atoms with van der Waals surface area (Å²) in [4.78, 5) is 0. The Hall–Kier alpha value is -1.18. The van der Waals surface area contributed by atoms with Crippen LogP contribution < -0.4 is 9.47 Å². The van der Waals surface area contributed by atoms with Gasteiger partial charge >= 0.3 is 0 Å². The smallest absolute Gasteiger partial charge is 0.231 e. The monoisotopic (exact) mass is 234 g/mol. The van der Waals surface area contributed by atoms with Gasteiger partial charge in [-0.05, 0) is 36.0 Å². The molecule has 0 N–H and O–H groups in total. The summed E-state index contributed by atoms with van der Waals surface area (Å²) < 4.78 is 10.7. The van der Waals surface area contributed by atoms with Gasteiger partial charge in [-0.2, -0.15) is 0 Å². The van der Waals surface area contributed by atoms with Gasteiger partial charge in [-0.1, -0.05) is 39.7 Å². The minimum absolute atomic E-state index is 0.362. The van der Waals surface area contributed by atoms with Crippen LogP contribution in [0, 0.1) is 11.8 Å². The summed E-state index contributed by atoms with van der Waals surface area (Å²) in [7, 11) is 0.